The molecule has 2 aromatic rings. The molecule has 1 saturated carbocycles. The average Bonchev–Trinajstić information content (AvgIpc) is 2.97. The van der Waals surface area contributed by atoms with E-state index in [4.69, 9.17) is 11.5 Å². The molecular weight excluding hydrogens is 242 g/mol. The highest BCUT2D eigenvalue weighted by atomic mass is 16.1. The highest BCUT2D eigenvalue weighted by molar-refractivity contribution is 6.02. The van der Waals surface area contributed by atoms with E-state index in [1.165, 1.54) is 19.0 Å². The predicted molar refractivity (Wildman–Crippen MR) is 74.0 cm³/mol. The molecule has 100 valence electrons. The number of nitrogens with zero attached hydrogens (tertiary/aromatic N) is 2. The van der Waals surface area contributed by atoms with Crippen LogP contribution in [0.3, 0.4) is 0 Å². The van der Waals surface area contributed by atoms with Crippen molar-refractivity contribution in [2.75, 3.05) is 11.1 Å². The number of nitrogens with one attached hydrogen (secondary N) is 1. The van der Waals surface area contributed by atoms with Gasteiger partial charge < -0.3 is 16.8 Å². The third-order valence-corrected chi connectivity index (χ3v) is 3.63. The Morgan fingerprint density at radius 3 is 2.84 bits per heavy atom. The molecule has 0 spiro atoms. The van der Waals surface area contributed by atoms with Gasteiger partial charge in [-0.15, -0.1) is 0 Å². The summed E-state index contributed by atoms with van der Waals surface area (Å²) in [5.74, 6) is -0.477. The number of nitrogen functional groups attached to an aromatic ring is 1. The summed E-state index contributed by atoms with van der Waals surface area (Å²) in [5, 5.41) is 7.58. The zero-order chi connectivity index (χ0) is 13.4. The van der Waals surface area contributed by atoms with Crippen molar-refractivity contribution in [1.29, 1.82) is 0 Å². The van der Waals surface area contributed by atoms with E-state index >= 15 is 0 Å². The molecule has 1 amide bonds. The van der Waals surface area contributed by atoms with Crippen LogP contribution in [0, 0.1) is 0 Å². The SMILES string of the molecule is NC(=O)c1cnn2cc(N)cc2c1NC1CCCC1. The Morgan fingerprint density at radius 2 is 2.16 bits per heavy atom. The number of carbonyl (C=O) groups excluding carboxylic acids is 1. The minimum atomic E-state index is -0.477. The van der Waals surface area contributed by atoms with Gasteiger partial charge in [-0.1, -0.05) is 12.8 Å². The van der Waals surface area contributed by atoms with Crippen LogP contribution in [0.5, 0.6) is 0 Å². The summed E-state index contributed by atoms with van der Waals surface area (Å²) in [4.78, 5) is 11.5. The van der Waals surface area contributed by atoms with Crippen molar-refractivity contribution in [1.82, 2.24) is 9.61 Å². The van der Waals surface area contributed by atoms with Gasteiger partial charge in [-0.2, -0.15) is 5.10 Å². The minimum absolute atomic E-state index is 0.389. The lowest BCUT2D eigenvalue weighted by Gasteiger charge is -2.16. The number of nitrogens with two attached hydrogens (primary N) is 2. The first-order chi connectivity index (χ1) is 9.15. The van der Waals surface area contributed by atoms with Gasteiger partial charge in [0.1, 0.15) is 0 Å². The second kappa shape index (κ2) is 4.46. The molecule has 3 rings (SSSR count). The van der Waals surface area contributed by atoms with Crippen molar-refractivity contribution < 1.29 is 4.79 Å². The summed E-state index contributed by atoms with van der Waals surface area (Å²) < 4.78 is 1.67. The molecular formula is C13H17N5O. The quantitative estimate of drug-likeness (QED) is 0.775. The van der Waals surface area contributed by atoms with Crippen molar-refractivity contribution in [2.45, 2.75) is 31.7 Å². The van der Waals surface area contributed by atoms with E-state index in [1.807, 2.05) is 0 Å². The molecule has 0 aliphatic heterocycles. The minimum Gasteiger partial charge on any atom is -0.397 e. The standard InChI is InChI=1S/C13H17N5O/c14-8-5-11-12(17-9-3-1-2-4-9)10(13(15)19)6-16-18(11)7-8/h5-7,9,17H,1-4,14H2,(H2,15,19). The van der Waals surface area contributed by atoms with Crippen LogP contribution in [-0.2, 0) is 0 Å². The molecule has 2 aromatic heterocycles. The van der Waals surface area contributed by atoms with Crippen molar-refractivity contribution in [3.05, 3.63) is 24.0 Å². The Bertz CT molecular complexity index is 627. The fourth-order valence-electron chi connectivity index (χ4n) is 2.69. The number of fused-ring (bicyclic) bond motifs is 1. The molecule has 1 fully saturated rings. The average molecular weight is 259 g/mol. The van der Waals surface area contributed by atoms with Gasteiger partial charge in [0.25, 0.3) is 5.91 Å². The zero-order valence-electron chi connectivity index (χ0n) is 10.6. The molecule has 0 bridgehead atoms. The maximum Gasteiger partial charge on any atom is 0.252 e. The number of carbonyl (C=O) groups is 1. The number of anilines is 2. The van der Waals surface area contributed by atoms with Gasteiger partial charge in [0, 0.05) is 6.04 Å². The van der Waals surface area contributed by atoms with Crippen molar-refractivity contribution >= 4 is 22.8 Å². The van der Waals surface area contributed by atoms with Crippen LogP contribution in [0.4, 0.5) is 11.4 Å². The fourth-order valence-corrected chi connectivity index (χ4v) is 2.69. The van der Waals surface area contributed by atoms with E-state index in [0.717, 1.165) is 24.0 Å². The van der Waals surface area contributed by atoms with Gasteiger partial charge >= 0.3 is 0 Å². The van der Waals surface area contributed by atoms with Crippen LogP contribution in [0.25, 0.3) is 5.52 Å². The fraction of sp³-hybridized carbons (Fsp3) is 0.385. The van der Waals surface area contributed by atoms with Crippen molar-refractivity contribution in [3.8, 4) is 0 Å². The monoisotopic (exact) mass is 259 g/mol. The van der Waals surface area contributed by atoms with E-state index in [1.54, 1.807) is 16.8 Å². The second-order valence-electron chi connectivity index (χ2n) is 5.03. The first-order valence-corrected chi connectivity index (χ1v) is 6.48. The van der Waals surface area contributed by atoms with Gasteiger partial charge in [0.2, 0.25) is 0 Å². The number of rotatable bonds is 3. The molecule has 1 aliphatic rings. The first kappa shape index (κ1) is 11.8. The zero-order valence-corrected chi connectivity index (χ0v) is 10.6. The molecule has 0 saturated heterocycles. The molecule has 0 atom stereocenters. The molecule has 19 heavy (non-hydrogen) atoms. The van der Waals surface area contributed by atoms with Gasteiger partial charge in [-0.3, -0.25) is 4.79 Å². The van der Waals surface area contributed by atoms with Crippen LogP contribution in [0.2, 0.25) is 0 Å². The van der Waals surface area contributed by atoms with E-state index < -0.39 is 5.91 Å². The highest BCUT2D eigenvalue weighted by Gasteiger charge is 2.20. The third kappa shape index (κ3) is 2.09. The third-order valence-electron chi connectivity index (χ3n) is 3.63. The van der Waals surface area contributed by atoms with Crippen molar-refractivity contribution in [2.24, 2.45) is 5.73 Å². The number of hydrogen-bond acceptors (Lipinski definition) is 4. The number of hydrogen-bond donors (Lipinski definition) is 3. The van der Waals surface area contributed by atoms with Crippen LogP contribution < -0.4 is 16.8 Å². The molecule has 0 aromatic carbocycles. The Balaban J connectivity index is 2.10. The van der Waals surface area contributed by atoms with Gasteiger partial charge in [-0.05, 0) is 18.9 Å². The maximum atomic E-state index is 11.5. The largest absolute Gasteiger partial charge is 0.397 e. The first-order valence-electron chi connectivity index (χ1n) is 6.48. The molecule has 0 unspecified atom stereocenters. The lowest BCUT2D eigenvalue weighted by atomic mass is 10.1. The Hall–Kier alpha value is -2.24. The molecule has 2 heterocycles. The van der Waals surface area contributed by atoms with Crippen LogP contribution in [0.15, 0.2) is 18.5 Å². The number of amides is 1. The number of primary amides is 1. The smallest absolute Gasteiger partial charge is 0.252 e. The van der Waals surface area contributed by atoms with E-state index in [0.29, 0.717) is 17.3 Å². The Morgan fingerprint density at radius 1 is 1.42 bits per heavy atom. The summed E-state index contributed by atoms with van der Waals surface area (Å²) in [6.07, 6.45) is 7.87. The molecule has 5 N–H and O–H groups in total. The van der Waals surface area contributed by atoms with Gasteiger partial charge in [0.05, 0.1) is 34.8 Å². The molecule has 1 aliphatic carbocycles. The van der Waals surface area contributed by atoms with E-state index in [2.05, 4.69) is 10.4 Å². The van der Waals surface area contributed by atoms with E-state index in [9.17, 15) is 4.79 Å². The lowest BCUT2D eigenvalue weighted by molar-refractivity contribution is 0.100. The lowest BCUT2D eigenvalue weighted by Crippen LogP contribution is -2.21. The van der Waals surface area contributed by atoms with Gasteiger partial charge in [-0.25, -0.2) is 4.52 Å². The van der Waals surface area contributed by atoms with Crippen LogP contribution >= 0.6 is 0 Å². The summed E-state index contributed by atoms with van der Waals surface area (Å²) in [5.41, 5.74) is 13.8. The Kier molecular flexibility index (Phi) is 2.77. The van der Waals surface area contributed by atoms with Crippen LogP contribution in [0.1, 0.15) is 36.0 Å². The van der Waals surface area contributed by atoms with Crippen LogP contribution in [-0.4, -0.2) is 21.6 Å². The second-order valence-corrected chi connectivity index (χ2v) is 5.03. The highest BCUT2D eigenvalue weighted by Crippen LogP contribution is 2.28. The summed E-state index contributed by atoms with van der Waals surface area (Å²) >= 11 is 0. The molecule has 6 heteroatoms. The topological polar surface area (TPSA) is 98.4 Å². The normalized spacial score (nSPS) is 16.0. The van der Waals surface area contributed by atoms with Gasteiger partial charge in [0.15, 0.2) is 0 Å². The summed E-state index contributed by atoms with van der Waals surface area (Å²) in [6.45, 7) is 0. The number of aromatic nitrogens is 2. The van der Waals surface area contributed by atoms with E-state index in [-0.39, 0.29) is 0 Å². The maximum absolute atomic E-state index is 11.5. The molecule has 0 radical (unpaired) electrons. The Labute approximate surface area is 110 Å². The predicted octanol–water partition coefficient (Wildman–Crippen LogP) is 1.37. The summed E-state index contributed by atoms with van der Waals surface area (Å²) in [7, 11) is 0. The van der Waals surface area contributed by atoms with Crippen molar-refractivity contribution in [3.63, 3.8) is 0 Å². The molecule has 6 nitrogen and oxygen atoms in total. The summed E-state index contributed by atoms with van der Waals surface area (Å²) in [6, 6.07) is 2.19.